The van der Waals surface area contributed by atoms with E-state index >= 15 is 0 Å². The Morgan fingerprint density at radius 2 is 2.00 bits per heavy atom. The number of halogens is 1. The van der Waals surface area contributed by atoms with Gasteiger partial charge in [-0.1, -0.05) is 17.7 Å². The zero-order valence-corrected chi connectivity index (χ0v) is 19.8. The summed E-state index contributed by atoms with van der Waals surface area (Å²) in [4.78, 5) is 26.7. The van der Waals surface area contributed by atoms with E-state index in [2.05, 4.69) is 20.2 Å². The van der Waals surface area contributed by atoms with Crippen molar-refractivity contribution in [1.29, 1.82) is 0 Å². The second-order valence-electron chi connectivity index (χ2n) is 8.92. The highest BCUT2D eigenvalue weighted by Gasteiger charge is 2.29. The van der Waals surface area contributed by atoms with E-state index in [0.29, 0.717) is 16.3 Å². The summed E-state index contributed by atoms with van der Waals surface area (Å²) in [6.45, 7) is 4.73. The first kappa shape index (κ1) is 23.6. The maximum Gasteiger partial charge on any atom is 0.275 e. The van der Waals surface area contributed by atoms with Crippen LogP contribution in [0.1, 0.15) is 41.9 Å². The highest BCUT2D eigenvalue weighted by Crippen LogP contribution is 2.37. The fraction of sp³-hybridized carbons (Fsp3) is 0.500. The fourth-order valence-corrected chi connectivity index (χ4v) is 5.21. The third-order valence-corrected chi connectivity index (χ3v) is 7.34. The molecule has 0 saturated carbocycles. The van der Waals surface area contributed by atoms with Gasteiger partial charge < -0.3 is 10.0 Å². The molecule has 0 bridgehead atoms. The number of hydrogen-bond donors (Lipinski definition) is 2. The third kappa shape index (κ3) is 4.88. The van der Waals surface area contributed by atoms with Gasteiger partial charge in [0.25, 0.3) is 11.1 Å². The average molecular weight is 472 g/mol. The van der Waals surface area contributed by atoms with E-state index in [-0.39, 0.29) is 23.6 Å². The highest BCUT2D eigenvalue weighted by atomic mass is 35.5. The number of hydrogen-bond acceptors (Lipinski definition) is 6. The number of aliphatic hydroxyl groups is 1. The van der Waals surface area contributed by atoms with Crippen molar-refractivity contribution in [3.05, 3.63) is 66.9 Å². The summed E-state index contributed by atoms with van der Waals surface area (Å²) in [5.74, 6) is 0.254. The standard InChI is InChI=1S/C24H30ClN5O3/c1-15-17(12-26-28-23(15)32)4-3-9-30-10-7-16(8-11-30)20(14-31)18-5-6-21(25)22-19(18)13-27-29(2)24(22)33/h5-6,12-13,16,20,31H,3-4,7-11,14H2,1-2H3,(H,28,32)/t20-/m1/s1. The van der Waals surface area contributed by atoms with Crippen molar-refractivity contribution in [2.24, 2.45) is 13.0 Å². The van der Waals surface area contributed by atoms with Crippen LogP contribution in [0.3, 0.4) is 0 Å². The molecule has 1 atom stereocenters. The molecule has 3 heterocycles. The van der Waals surface area contributed by atoms with Crippen LogP contribution in [0.15, 0.2) is 34.1 Å². The zero-order chi connectivity index (χ0) is 23.5. The van der Waals surface area contributed by atoms with E-state index in [9.17, 15) is 14.7 Å². The smallest absolute Gasteiger partial charge is 0.275 e. The van der Waals surface area contributed by atoms with Crippen molar-refractivity contribution in [3.63, 3.8) is 0 Å². The number of aryl methyl sites for hydroxylation is 2. The number of benzene rings is 1. The van der Waals surface area contributed by atoms with Crippen LogP contribution < -0.4 is 11.1 Å². The van der Waals surface area contributed by atoms with E-state index in [4.69, 9.17) is 11.6 Å². The summed E-state index contributed by atoms with van der Waals surface area (Å²) < 4.78 is 1.29. The lowest BCUT2D eigenvalue weighted by Crippen LogP contribution is -2.37. The molecule has 2 N–H and O–H groups in total. The van der Waals surface area contributed by atoms with Crippen LogP contribution in [-0.4, -0.2) is 56.2 Å². The lowest BCUT2D eigenvalue weighted by atomic mass is 9.79. The van der Waals surface area contributed by atoms with Gasteiger partial charge in [-0.05, 0) is 75.4 Å². The summed E-state index contributed by atoms with van der Waals surface area (Å²) in [5.41, 5.74) is 2.35. The molecule has 0 radical (unpaired) electrons. The van der Waals surface area contributed by atoms with Gasteiger partial charge in [-0.25, -0.2) is 9.78 Å². The Balaban J connectivity index is 1.41. The summed E-state index contributed by atoms with van der Waals surface area (Å²) in [7, 11) is 1.61. The first-order valence-corrected chi connectivity index (χ1v) is 11.8. The molecular weight excluding hydrogens is 442 g/mol. The van der Waals surface area contributed by atoms with Gasteiger partial charge in [0.05, 0.1) is 29.4 Å². The van der Waals surface area contributed by atoms with Gasteiger partial charge in [-0.3, -0.25) is 9.59 Å². The summed E-state index contributed by atoms with van der Waals surface area (Å²) in [6.07, 6.45) is 7.17. The molecule has 1 aliphatic heterocycles. The van der Waals surface area contributed by atoms with Crippen molar-refractivity contribution in [1.82, 2.24) is 24.9 Å². The van der Waals surface area contributed by atoms with Gasteiger partial charge >= 0.3 is 0 Å². The Morgan fingerprint density at radius 3 is 2.73 bits per heavy atom. The molecule has 1 aromatic carbocycles. The van der Waals surface area contributed by atoms with Crippen LogP contribution in [0.5, 0.6) is 0 Å². The van der Waals surface area contributed by atoms with Crippen molar-refractivity contribution in [2.75, 3.05) is 26.2 Å². The minimum absolute atomic E-state index is 0.0193. The Hall–Kier alpha value is -2.55. The van der Waals surface area contributed by atoms with E-state index in [1.807, 2.05) is 13.0 Å². The number of fused-ring (bicyclic) bond motifs is 1. The van der Waals surface area contributed by atoms with Crippen molar-refractivity contribution >= 4 is 22.4 Å². The van der Waals surface area contributed by atoms with Crippen LogP contribution in [0.25, 0.3) is 10.8 Å². The molecule has 0 amide bonds. The van der Waals surface area contributed by atoms with Gasteiger partial charge in [0.15, 0.2) is 0 Å². The number of aliphatic hydroxyl groups excluding tert-OH is 1. The van der Waals surface area contributed by atoms with E-state index in [0.717, 1.165) is 67.4 Å². The number of H-pyrrole nitrogens is 1. The normalized spacial score (nSPS) is 16.4. The summed E-state index contributed by atoms with van der Waals surface area (Å²) >= 11 is 6.34. The van der Waals surface area contributed by atoms with Crippen LogP contribution in [0.2, 0.25) is 5.02 Å². The number of aromatic nitrogens is 4. The summed E-state index contributed by atoms with van der Waals surface area (Å²) in [6, 6.07) is 3.68. The molecule has 2 aromatic heterocycles. The number of nitrogens with zero attached hydrogens (tertiary/aromatic N) is 4. The molecule has 0 spiro atoms. The number of piperidine rings is 1. The second-order valence-corrected chi connectivity index (χ2v) is 9.33. The fourth-order valence-electron chi connectivity index (χ4n) is 4.97. The SMILES string of the molecule is Cc1c(CCCN2CCC([C@@H](CO)c3ccc(Cl)c4c(=O)n(C)ncc34)CC2)cn[nH]c1=O. The van der Waals surface area contributed by atoms with Crippen molar-refractivity contribution < 1.29 is 5.11 Å². The van der Waals surface area contributed by atoms with E-state index in [1.165, 1.54) is 4.68 Å². The molecule has 33 heavy (non-hydrogen) atoms. The van der Waals surface area contributed by atoms with Gasteiger partial charge in [0, 0.05) is 23.9 Å². The largest absolute Gasteiger partial charge is 0.396 e. The zero-order valence-electron chi connectivity index (χ0n) is 19.1. The molecule has 3 aromatic rings. The minimum atomic E-state index is -0.225. The monoisotopic (exact) mass is 471 g/mol. The van der Waals surface area contributed by atoms with Crippen LogP contribution in [0.4, 0.5) is 0 Å². The summed E-state index contributed by atoms with van der Waals surface area (Å²) in [5, 5.41) is 22.4. The predicted molar refractivity (Wildman–Crippen MR) is 129 cm³/mol. The predicted octanol–water partition coefficient (Wildman–Crippen LogP) is 2.40. The topological polar surface area (TPSA) is 104 Å². The molecular formula is C24H30ClN5O3. The molecule has 1 fully saturated rings. The lowest BCUT2D eigenvalue weighted by Gasteiger charge is -2.36. The second kappa shape index (κ2) is 10.2. The van der Waals surface area contributed by atoms with Gasteiger partial charge in [0.2, 0.25) is 0 Å². The van der Waals surface area contributed by atoms with E-state index in [1.54, 1.807) is 25.5 Å². The minimum Gasteiger partial charge on any atom is -0.396 e. The molecule has 1 aliphatic rings. The van der Waals surface area contributed by atoms with Crippen LogP contribution in [0, 0.1) is 12.8 Å². The van der Waals surface area contributed by atoms with E-state index < -0.39 is 0 Å². The Kier molecular flexibility index (Phi) is 7.26. The van der Waals surface area contributed by atoms with Crippen molar-refractivity contribution in [3.8, 4) is 0 Å². The maximum atomic E-state index is 12.6. The average Bonchev–Trinajstić information content (AvgIpc) is 2.81. The molecule has 4 rings (SSSR count). The first-order chi connectivity index (χ1) is 15.9. The molecule has 9 heteroatoms. The van der Waals surface area contributed by atoms with Crippen LogP contribution in [-0.2, 0) is 13.5 Å². The molecule has 176 valence electrons. The first-order valence-electron chi connectivity index (χ1n) is 11.4. The third-order valence-electron chi connectivity index (χ3n) is 7.02. The number of aromatic amines is 1. The van der Waals surface area contributed by atoms with Crippen molar-refractivity contribution in [2.45, 2.75) is 38.5 Å². The Labute approximate surface area is 197 Å². The molecule has 0 aliphatic carbocycles. The number of rotatable bonds is 7. The van der Waals surface area contributed by atoms with Gasteiger partial charge in [-0.15, -0.1) is 0 Å². The Morgan fingerprint density at radius 1 is 1.24 bits per heavy atom. The maximum absolute atomic E-state index is 12.6. The number of nitrogens with one attached hydrogen (secondary N) is 1. The Bertz CT molecular complexity index is 1250. The lowest BCUT2D eigenvalue weighted by molar-refractivity contribution is 0.139. The molecule has 8 nitrogen and oxygen atoms in total. The van der Waals surface area contributed by atoms with Gasteiger partial charge in [0.1, 0.15) is 0 Å². The molecule has 0 unspecified atom stereocenters. The van der Waals surface area contributed by atoms with Gasteiger partial charge in [-0.2, -0.15) is 10.2 Å². The molecule has 1 saturated heterocycles. The highest BCUT2D eigenvalue weighted by molar-refractivity contribution is 6.35. The quantitative estimate of drug-likeness (QED) is 0.548. The number of likely N-dealkylation sites (tertiary alicyclic amines) is 1. The van der Waals surface area contributed by atoms with Crippen LogP contribution >= 0.6 is 11.6 Å².